The van der Waals surface area contributed by atoms with Gasteiger partial charge in [0.25, 0.3) is 0 Å². The van der Waals surface area contributed by atoms with Crippen LogP contribution in [0, 0.1) is 5.92 Å². The summed E-state index contributed by atoms with van der Waals surface area (Å²) in [7, 11) is 0. The Hall–Kier alpha value is -2.54. The second kappa shape index (κ2) is 6.70. The number of anilines is 1. The minimum atomic E-state index is -0.209. The van der Waals surface area contributed by atoms with Crippen molar-refractivity contribution in [3.63, 3.8) is 0 Å². The molecule has 1 atom stereocenters. The highest BCUT2D eigenvalue weighted by atomic mass is 35.5. The number of halogens is 1. The van der Waals surface area contributed by atoms with Gasteiger partial charge in [0.15, 0.2) is 0 Å². The molecule has 3 heterocycles. The molecule has 0 aliphatic rings. The summed E-state index contributed by atoms with van der Waals surface area (Å²) in [6.45, 7) is 4.09. The van der Waals surface area contributed by atoms with Crippen LogP contribution in [0.2, 0.25) is 5.02 Å². The summed E-state index contributed by atoms with van der Waals surface area (Å²) in [5.41, 5.74) is 0.847. The lowest BCUT2D eigenvalue weighted by atomic mass is 10.0. The van der Waals surface area contributed by atoms with Crippen LogP contribution < -0.4 is 5.32 Å². The van der Waals surface area contributed by atoms with Crippen LogP contribution in [-0.2, 0) is 0 Å². The lowest BCUT2D eigenvalue weighted by Crippen LogP contribution is -2.18. The molecule has 118 valence electrons. The van der Waals surface area contributed by atoms with Crippen molar-refractivity contribution >= 4 is 17.5 Å². The van der Waals surface area contributed by atoms with Gasteiger partial charge in [-0.05, 0) is 18.1 Å². The van der Waals surface area contributed by atoms with Gasteiger partial charge in [0.2, 0.25) is 17.7 Å². The van der Waals surface area contributed by atoms with E-state index in [9.17, 15) is 0 Å². The van der Waals surface area contributed by atoms with E-state index < -0.39 is 0 Å². The molecular formula is C15H15ClN6O. The summed E-state index contributed by atoms with van der Waals surface area (Å²) in [6.07, 6.45) is 6.44. The molecule has 0 amide bonds. The maximum Gasteiger partial charge on any atom is 0.249 e. The van der Waals surface area contributed by atoms with Gasteiger partial charge in [-0.2, -0.15) is 4.98 Å². The Labute approximate surface area is 138 Å². The number of nitrogens with zero attached hydrogens (tertiary/aromatic N) is 5. The molecule has 0 radical (unpaired) electrons. The van der Waals surface area contributed by atoms with Crippen molar-refractivity contribution in [3.05, 3.63) is 47.8 Å². The number of nitrogens with one attached hydrogen (secondary N) is 1. The minimum absolute atomic E-state index is 0.194. The molecule has 0 spiro atoms. The molecule has 3 rings (SSSR count). The molecule has 7 nitrogen and oxygen atoms in total. The van der Waals surface area contributed by atoms with Gasteiger partial charge in [0.05, 0.1) is 17.4 Å². The van der Waals surface area contributed by atoms with Crippen molar-refractivity contribution < 1.29 is 4.52 Å². The van der Waals surface area contributed by atoms with E-state index in [-0.39, 0.29) is 12.0 Å². The molecule has 8 heteroatoms. The van der Waals surface area contributed by atoms with Crippen LogP contribution >= 0.6 is 11.6 Å². The monoisotopic (exact) mass is 330 g/mol. The summed E-state index contributed by atoms with van der Waals surface area (Å²) in [5, 5.41) is 7.71. The molecule has 0 saturated heterocycles. The van der Waals surface area contributed by atoms with Crippen LogP contribution in [0.3, 0.4) is 0 Å². The third kappa shape index (κ3) is 3.62. The van der Waals surface area contributed by atoms with Crippen molar-refractivity contribution in [1.29, 1.82) is 0 Å². The highest BCUT2D eigenvalue weighted by Crippen LogP contribution is 2.26. The van der Waals surface area contributed by atoms with Crippen LogP contribution in [0.15, 0.2) is 41.4 Å². The third-order valence-electron chi connectivity index (χ3n) is 3.22. The maximum absolute atomic E-state index is 5.80. The lowest BCUT2D eigenvalue weighted by molar-refractivity contribution is 0.335. The minimum Gasteiger partial charge on any atom is -0.342 e. The van der Waals surface area contributed by atoms with E-state index in [1.807, 2.05) is 26.0 Å². The molecule has 1 unspecified atom stereocenters. The highest BCUT2D eigenvalue weighted by Gasteiger charge is 2.23. The number of pyridine rings is 1. The topological polar surface area (TPSA) is 89.6 Å². The largest absolute Gasteiger partial charge is 0.342 e. The molecule has 1 N–H and O–H groups in total. The molecule has 3 aromatic rings. The zero-order valence-electron chi connectivity index (χ0n) is 12.6. The maximum atomic E-state index is 5.80. The van der Waals surface area contributed by atoms with Crippen LogP contribution in [0.5, 0.6) is 0 Å². The first-order valence-corrected chi connectivity index (χ1v) is 7.49. The number of hydrogen-bond acceptors (Lipinski definition) is 7. The van der Waals surface area contributed by atoms with Gasteiger partial charge in [-0.3, -0.25) is 4.98 Å². The average molecular weight is 331 g/mol. The Balaban J connectivity index is 1.84. The summed E-state index contributed by atoms with van der Waals surface area (Å²) in [5.74, 6) is 1.65. The van der Waals surface area contributed by atoms with E-state index in [4.69, 9.17) is 16.1 Å². The molecule has 0 bridgehead atoms. The van der Waals surface area contributed by atoms with E-state index in [1.165, 1.54) is 12.4 Å². The first kappa shape index (κ1) is 15.4. The lowest BCUT2D eigenvalue weighted by Gasteiger charge is -2.18. The Morgan fingerprint density at radius 2 is 1.83 bits per heavy atom. The zero-order valence-corrected chi connectivity index (χ0v) is 13.4. The Kier molecular flexibility index (Phi) is 4.47. The van der Waals surface area contributed by atoms with Crippen molar-refractivity contribution in [2.24, 2.45) is 5.92 Å². The van der Waals surface area contributed by atoms with Gasteiger partial charge in [-0.1, -0.05) is 30.6 Å². The smallest absolute Gasteiger partial charge is 0.249 e. The van der Waals surface area contributed by atoms with E-state index in [2.05, 4.69) is 30.4 Å². The summed E-state index contributed by atoms with van der Waals surface area (Å²) < 4.78 is 5.41. The first-order chi connectivity index (χ1) is 11.1. The van der Waals surface area contributed by atoms with Gasteiger partial charge in [0, 0.05) is 18.0 Å². The summed E-state index contributed by atoms with van der Waals surface area (Å²) in [4.78, 5) is 16.7. The molecule has 0 aliphatic heterocycles. The molecule has 0 saturated carbocycles. The number of rotatable bonds is 5. The zero-order chi connectivity index (χ0) is 16.2. The molecular weight excluding hydrogens is 316 g/mol. The van der Waals surface area contributed by atoms with Gasteiger partial charge < -0.3 is 9.84 Å². The van der Waals surface area contributed by atoms with E-state index in [0.29, 0.717) is 22.7 Å². The fraction of sp³-hybridized carbons (Fsp3) is 0.267. The van der Waals surface area contributed by atoms with Crippen molar-refractivity contribution in [3.8, 4) is 11.4 Å². The van der Waals surface area contributed by atoms with Crippen LogP contribution in [-0.4, -0.2) is 25.1 Å². The van der Waals surface area contributed by atoms with Gasteiger partial charge in [-0.15, -0.1) is 0 Å². The standard InChI is InChI=1S/C15H15ClN6O/c1-9(2)12(20-15-18-7-11(16)8-19-15)14-21-13(22-23-14)10-3-5-17-6-4-10/h3-9,12H,1-2H3,(H,18,19,20). The average Bonchev–Trinajstić information content (AvgIpc) is 3.04. The first-order valence-electron chi connectivity index (χ1n) is 7.11. The van der Waals surface area contributed by atoms with E-state index >= 15 is 0 Å². The number of hydrogen-bond donors (Lipinski definition) is 1. The van der Waals surface area contributed by atoms with Crippen molar-refractivity contribution in [1.82, 2.24) is 25.1 Å². The third-order valence-corrected chi connectivity index (χ3v) is 3.41. The molecule has 0 fully saturated rings. The molecule has 3 aromatic heterocycles. The predicted molar refractivity (Wildman–Crippen MR) is 85.8 cm³/mol. The van der Waals surface area contributed by atoms with Crippen molar-refractivity contribution in [2.75, 3.05) is 5.32 Å². The van der Waals surface area contributed by atoms with Crippen LogP contribution in [0.4, 0.5) is 5.95 Å². The van der Waals surface area contributed by atoms with E-state index in [0.717, 1.165) is 5.56 Å². The summed E-state index contributed by atoms with van der Waals surface area (Å²) >= 11 is 5.80. The Bertz CT molecular complexity index is 759. The number of aromatic nitrogens is 5. The fourth-order valence-electron chi connectivity index (χ4n) is 2.02. The van der Waals surface area contributed by atoms with E-state index in [1.54, 1.807) is 12.4 Å². The fourth-order valence-corrected chi connectivity index (χ4v) is 2.12. The Morgan fingerprint density at radius 1 is 1.13 bits per heavy atom. The van der Waals surface area contributed by atoms with Gasteiger partial charge in [-0.25, -0.2) is 9.97 Å². The second-order valence-electron chi connectivity index (χ2n) is 5.28. The quantitative estimate of drug-likeness (QED) is 0.766. The summed E-state index contributed by atoms with van der Waals surface area (Å²) in [6, 6.07) is 3.45. The van der Waals surface area contributed by atoms with Crippen LogP contribution in [0.1, 0.15) is 25.8 Å². The molecule has 23 heavy (non-hydrogen) atoms. The van der Waals surface area contributed by atoms with Gasteiger partial charge in [0.1, 0.15) is 6.04 Å². The SMILES string of the molecule is CC(C)C(Nc1ncc(Cl)cn1)c1nc(-c2ccncc2)no1. The molecule has 0 aliphatic carbocycles. The second-order valence-corrected chi connectivity index (χ2v) is 5.72. The van der Waals surface area contributed by atoms with Crippen LogP contribution in [0.25, 0.3) is 11.4 Å². The highest BCUT2D eigenvalue weighted by molar-refractivity contribution is 6.30. The van der Waals surface area contributed by atoms with Crippen molar-refractivity contribution in [2.45, 2.75) is 19.9 Å². The Morgan fingerprint density at radius 3 is 2.48 bits per heavy atom. The molecule has 0 aromatic carbocycles. The van der Waals surface area contributed by atoms with Gasteiger partial charge >= 0.3 is 0 Å². The normalized spacial score (nSPS) is 12.3. The predicted octanol–water partition coefficient (Wildman–Crippen LogP) is 3.38.